The number of likely N-dealkylation sites (N-methyl/N-ethyl adjacent to an activating group) is 1. The summed E-state index contributed by atoms with van der Waals surface area (Å²) in [5.41, 5.74) is 3.88. The molecule has 0 unspecified atom stereocenters. The standard InChI is InChI=1S/C32H37N5O4/c1-5-36(6-2)17-18-41-32(40)23-13-9-12-22-24(19-33-29(22)23)27-28(31(39)34-30(27)38)25-20-37(16-10-15-35(3)4)26-14-8-7-11-21(25)26/h7-9,11-14,19-20,33H,5-6,10,15-18H2,1-4H3,(H,34,38,39). The molecule has 0 atom stereocenters. The summed E-state index contributed by atoms with van der Waals surface area (Å²) in [4.78, 5) is 47.1. The van der Waals surface area contributed by atoms with Crippen molar-refractivity contribution >= 4 is 50.7 Å². The number of ether oxygens (including phenoxy) is 1. The largest absolute Gasteiger partial charge is 0.461 e. The van der Waals surface area contributed by atoms with Crippen LogP contribution in [0.1, 0.15) is 41.8 Å². The first-order valence-electron chi connectivity index (χ1n) is 14.2. The van der Waals surface area contributed by atoms with Gasteiger partial charge >= 0.3 is 5.97 Å². The number of aromatic nitrogens is 2. The van der Waals surface area contributed by atoms with E-state index in [4.69, 9.17) is 4.74 Å². The fourth-order valence-electron chi connectivity index (χ4n) is 5.57. The van der Waals surface area contributed by atoms with Crippen molar-refractivity contribution in [3.05, 3.63) is 71.5 Å². The first kappa shape index (κ1) is 28.3. The second-order valence-corrected chi connectivity index (χ2v) is 10.5. The minimum absolute atomic E-state index is 0.287. The van der Waals surface area contributed by atoms with Gasteiger partial charge in [0.05, 0.1) is 22.2 Å². The van der Waals surface area contributed by atoms with Crippen molar-refractivity contribution in [1.29, 1.82) is 0 Å². The number of para-hydroxylation sites is 2. The topological polar surface area (TPSA) is 99.7 Å². The summed E-state index contributed by atoms with van der Waals surface area (Å²) >= 11 is 0. The SMILES string of the molecule is CCN(CC)CCOC(=O)c1cccc2c(C3=C(c4cn(CCCN(C)C)c5ccccc45)C(=O)NC3=O)c[nH]c12. The highest BCUT2D eigenvalue weighted by Crippen LogP contribution is 2.38. The zero-order valence-electron chi connectivity index (χ0n) is 24.1. The number of amides is 2. The van der Waals surface area contributed by atoms with Gasteiger partial charge in [0.15, 0.2) is 0 Å². The summed E-state index contributed by atoms with van der Waals surface area (Å²) < 4.78 is 7.73. The Kier molecular flexibility index (Phi) is 8.37. The van der Waals surface area contributed by atoms with Crippen LogP contribution in [0.5, 0.6) is 0 Å². The number of nitrogens with one attached hydrogen (secondary N) is 2. The fraction of sp³-hybridized carbons (Fsp3) is 0.344. The number of nitrogens with zero attached hydrogens (tertiary/aromatic N) is 3. The molecular formula is C32H37N5O4. The van der Waals surface area contributed by atoms with Gasteiger partial charge in [-0.2, -0.15) is 0 Å². The lowest BCUT2D eigenvalue weighted by Gasteiger charge is -2.17. The number of esters is 1. The summed E-state index contributed by atoms with van der Waals surface area (Å²) in [5, 5.41) is 4.09. The maximum Gasteiger partial charge on any atom is 0.340 e. The van der Waals surface area contributed by atoms with Crippen LogP contribution in [0, 0.1) is 0 Å². The molecule has 9 nitrogen and oxygen atoms in total. The van der Waals surface area contributed by atoms with Crippen LogP contribution in [-0.2, 0) is 20.9 Å². The summed E-state index contributed by atoms with van der Waals surface area (Å²) in [7, 11) is 4.09. The number of H-pyrrole nitrogens is 1. The van der Waals surface area contributed by atoms with Gasteiger partial charge in [0.2, 0.25) is 0 Å². The molecule has 41 heavy (non-hydrogen) atoms. The number of imide groups is 1. The minimum Gasteiger partial charge on any atom is -0.461 e. The quantitative estimate of drug-likeness (QED) is 0.201. The van der Waals surface area contributed by atoms with Crippen LogP contribution < -0.4 is 5.32 Å². The molecule has 1 aliphatic rings. The van der Waals surface area contributed by atoms with Crippen LogP contribution in [0.15, 0.2) is 54.9 Å². The number of hydrogen-bond donors (Lipinski definition) is 2. The lowest BCUT2D eigenvalue weighted by Crippen LogP contribution is -2.27. The van der Waals surface area contributed by atoms with Crippen molar-refractivity contribution in [3.63, 3.8) is 0 Å². The number of carbonyl (C=O) groups excluding carboxylic acids is 3. The average molecular weight is 556 g/mol. The molecule has 9 heteroatoms. The molecule has 2 N–H and O–H groups in total. The lowest BCUT2D eigenvalue weighted by molar-refractivity contribution is -0.122. The van der Waals surface area contributed by atoms with Gasteiger partial charge in [0, 0.05) is 52.9 Å². The monoisotopic (exact) mass is 555 g/mol. The molecule has 2 aromatic carbocycles. The highest BCUT2D eigenvalue weighted by atomic mass is 16.5. The Labute approximate surface area is 239 Å². The number of hydrogen-bond acceptors (Lipinski definition) is 6. The predicted octanol–water partition coefficient (Wildman–Crippen LogP) is 4.14. The Bertz CT molecular complexity index is 1640. The van der Waals surface area contributed by atoms with Crippen molar-refractivity contribution in [2.45, 2.75) is 26.8 Å². The number of benzene rings is 2. The Balaban J connectivity index is 1.55. The zero-order chi connectivity index (χ0) is 29.1. The van der Waals surface area contributed by atoms with Crippen molar-refractivity contribution < 1.29 is 19.1 Å². The minimum atomic E-state index is -0.456. The molecule has 2 aromatic heterocycles. The van der Waals surface area contributed by atoms with Crippen LogP contribution in [0.2, 0.25) is 0 Å². The second kappa shape index (κ2) is 12.1. The number of aromatic amines is 1. The van der Waals surface area contributed by atoms with E-state index in [1.54, 1.807) is 18.3 Å². The fourth-order valence-corrected chi connectivity index (χ4v) is 5.57. The van der Waals surface area contributed by atoms with Gasteiger partial charge in [0.1, 0.15) is 6.61 Å². The molecule has 0 aliphatic carbocycles. The van der Waals surface area contributed by atoms with E-state index in [1.165, 1.54) is 0 Å². The van der Waals surface area contributed by atoms with Crippen molar-refractivity contribution in [3.8, 4) is 0 Å². The molecule has 214 valence electrons. The molecular weight excluding hydrogens is 518 g/mol. The maximum atomic E-state index is 13.3. The van der Waals surface area contributed by atoms with Gasteiger partial charge in [-0.3, -0.25) is 14.9 Å². The van der Waals surface area contributed by atoms with E-state index >= 15 is 0 Å². The van der Waals surface area contributed by atoms with Gasteiger partial charge in [-0.25, -0.2) is 4.79 Å². The summed E-state index contributed by atoms with van der Waals surface area (Å²) in [6, 6.07) is 13.3. The number of carbonyl (C=O) groups is 3. The molecule has 1 aliphatic heterocycles. The van der Waals surface area contributed by atoms with E-state index in [-0.39, 0.29) is 6.61 Å². The summed E-state index contributed by atoms with van der Waals surface area (Å²) in [6.07, 6.45) is 4.61. The van der Waals surface area contributed by atoms with E-state index < -0.39 is 17.8 Å². The van der Waals surface area contributed by atoms with Crippen LogP contribution in [0.4, 0.5) is 0 Å². The number of rotatable bonds is 12. The van der Waals surface area contributed by atoms with Gasteiger partial charge in [0.25, 0.3) is 11.8 Å². The molecule has 0 spiro atoms. The van der Waals surface area contributed by atoms with Crippen molar-refractivity contribution in [2.75, 3.05) is 46.9 Å². The van der Waals surface area contributed by atoms with Crippen LogP contribution in [0.3, 0.4) is 0 Å². The van der Waals surface area contributed by atoms with E-state index in [9.17, 15) is 14.4 Å². The third-order valence-corrected chi connectivity index (χ3v) is 7.73. The third kappa shape index (κ3) is 5.55. The maximum absolute atomic E-state index is 13.3. The smallest absolute Gasteiger partial charge is 0.340 e. The molecule has 3 heterocycles. The highest BCUT2D eigenvalue weighted by Gasteiger charge is 2.35. The van der Waals surface area contributed by atoms with Crippen LogP contribution >= 0.6 is 0 Å². The lowest BCUT2D eigenvalue weighted by atomic mass is 9.95. The molecule has 0 radical (unpaired) electrons. The Morgan fingerprint density at radius 2 is 1.61 bits per heavy atom. The normalized spacial score (nSPS) is 13.8. The molecule has 0 saturated heterocycles. The van der Waals surface area contributed by atoms with Crippen molar-refractivity contribution in [1.82, 2.24) is 24.7 Å². The summed E-state index contributed by atoms with van der Waals surface area (Å²) in [5.74, 6) is -1.32. The predicted molar refractivity (Wildman–Crippen MR) is 161 cm³/mol. The van der Waals surface area contributed by atoms with E-state index in [0.717, 1.165) is 43.5 Å². The van der Waals surface area contributed by atoms with Crippen molar-refractivity contribution in [2.24, 2.45) is 0 Å². The van der Waals surface area contributed by atoms with E-state index in [1.807, 2.05) is 50.6 Å². The number of aryl methyl sites for hydroxylation is 1. The second-order valence-electron chi connectivity index (χ2n) is 10.5. The van der Waals surface area contributed by atoms with Crippen LogP contribution in [0.25, 0.3) is 33.0 Å². The molecule has 0 fully saturated rings. The molecule has 5 rings (SSSR count). The Hall–Kier alpha value is -4.21. The Morgan fingerprint density at radius 1 is 0.902 bits per heavy atom. The van der Waals surface area contributed by atoms with E-state index in [0.29, 0.717) is 45.3 Å². The number of fused-ring (bicyclic) bond motifs is 2. The molecule has 4 aromatic rings. The van der Waals surface area contributed by atoms with Gasteiger partial charge in [-0.15, -0.1) is 0 Å². The zero-order valence-corrected chi connectivity index (χ0v) is 24.1. The molecule has 0 saturated carbocycles. The molecule has 2 amide bonds. The van der Waals surface area contributed by atoms with Gasteiger partial charge < -0.3 is 24.1 Å². The van der Waals surface area contributed by atoms with E-state index in [2.05, 4.69) is 38.5 Å². The Morgan fingerprint density at radius 3 is 2.34 bits per heavy atom. The van der Waals surface area contributed by atoms with Gasteiger partial charge in [-0.05, 0) is 52.3 Å². The van der Waals surface area contributed by atoms with Gasteiger partial charge in [-0.1, -0.05) is 44.2 Å². The van der Waals surface area contributed by atoms with Crippen LogP contribution in [-0.4, -0.2) is 84.0 Å². The first-order chi connectivity index (χ1) is 19.8. The summed E-state index contributed by atoms with van der Waals surface area (Å²) in [6.45, 7) is 8.58. The average Bonchev–Trinajstić information content (AvgIpc) is 3.63. The first-order valence-corrected chi connectivity index (χ1v) is 14.2. The third-order valence-electron chi connectivity index (χ3n) is 7.73. The highest BCUT2D eigenvalue weighted by molar-refractivity contribution is 6.50. The molecule has 0 bridgehead atoms.